The number of hydrogen-bond acceptors (Lipinski definition) is 4. The summed E-state index contributed by atoms with van der Waals surface area (Å²) < 4.78 is 45.9. The van der Waals surface area contributed by atoms with E-state index in [1.807, 2.05) is 0 Å². The van der Waals surface area contributed by atoms with E-state index in [9.17, 15) is 22.8 Å². The molecule has 0 unspecified atom stereocenters. The van der Waals surface area contributed by atoms with Crippen LogP contribution in [-0.4, -0.2) is 10.9 Å². The number of benzene rings is 2. The number of anilines is 1. The number of amides is 1. The summed E-state index contributed by atoms with van der Waals surface area (Å²) in [6.45, 7) is 0. The van der Waals surface area contributed by atoms with Crippen molar-refractivity contribution in [3.63, 3.8) is 0 Å². The first-order valence-electron chi connectivity index (χ1n) is 8.79. The summed E-state index contributed by atoms with van der Waals surface area (Å²) in [5.74, 6) is -0.747. The molecule has 0 bridgehead atoms. The van der Waals surface area contributed by atoms with E-state index >= 15 is 0 Å². The van der Waals surface area contributed by atoms with E-state index in [0.29, 0.717) is 0 Å². The van der Waals surface area contributed by atoms with Crippen LogP contribution in [0.4, 0.5) is 18.9 Å². The first kappa shape index (κ1) is 19.4. The van der Waals surface area contributed by atoms with Crippen molar-refractivity contribution >= 4 is 22.6 Å². The smallest absolute Gasteiger partial charge is 0.417 e. The van der Waals surface area contributed by atoms with E-state index in [-0.39, 0.29) is 33.5 Å². The van der Waals surface area contributed by atoms with Gasteiger partial charge in [-0.25, -0.2) is 0 Å². The Balaban J connectivity index is 1.86. The summed E-state index contributed by atoms with van der Waals surface area (Å²) in [5.41, 5.74) is -1.31. The third kappa shape index (κ3) is 3.67. The van der Waals surface area contributed by atoms with Crippen LogP contribution in [-0.2, 0) is 6.18 Å². The third-order valence-corrected chi connectivity index (χ3v) is 4.42. The molecule has 0 aliphatic carbocycles. The molecule has 8 heteroatoms. The van der Waals surface area contributed by atoms with Crippen LogP contribution in [0, 0.1) is 0 Å². The second kappa shape index (κ2) is 7.47. The Kier molecular flexibility index (Phi) is 4.83. The fourth-order valence-corrected chi connectivity index (χ4v) is 3.05. The topological polar surface area (TPSA) is 72.2 Å². The monoisotopic (exact) mass is 410 g/mol. The van der Waals surface area contributed by atoms with Gasteiger partial charge >= 0.3 is 6.18 Å². The molecular weight excluding hydrogens is 397 g/mol. The zero-order valence-electron chi connectivity index (χ0n) is 15.2. The first-order chi connectivity index (χ1) is 14.3. The lowest BCUT2D eigenvalue weighted by molar-refractivity contribution is -0.137. The lowest BCUT2D eigenvalue weighted by Gasteiger charge is -2.13. The van der Waals surface area contributed by atoms with Gasteiger partial charge in [0.1, 0.15) is 5.76 Å². The Hall–Kier alpha value is -3.94. The molecule has 0 saturated carbocycles. The number of nitrogens with one attached hydrogen (secondary N) is 1. The molecule has 0 spiro atoms. The van der Waals surface area contributed by atoms with Crippen molar-refractivity contribution in [1.82, 2.24) is 4.98 Å². The van der Waals surface area contributed by atoms with Crippen molar-refractivity contribution in [3.05, 3.63) is 94.4 Å². The first-order valence-corrected chi connectivity index (χ1v) is 8.79. The Bertz CT molecular complexity index is 1300. The van der Waals surface area contributed by atoms with Gasteiger partial charge in [-0.1, -0.05) is 24.3 Å². The number of halogens is 3. The van der Waals surface area contributed by atoms with Crippen LogP contribution in [0.25, 0.3) is 22.3 Å². The molecule has 0 aliphatic heterocycles. The van der Waals surface area contributed by atoms with E-state index in [4.69, 9.17) is 4.42 Å². The highest BCUT2D eigenvalue weighted by atomic mass is 19.4. The highest BCUT2D eigenvalue weighted by Crippen LogP contribution is 2.37. The number of aromatic nitrogens is 1. The van der Waals surface area contributed by atoms with E-state index in [1.165, 1.54) is 42.7 Å². The maximum absolute atomic E-state index is 13.4. The number of alkyl halides is 3. The molecule has 150 valence electrons. The summed E-state index contributed by atoms with van der Waals surface area (Å²) in [6, 6.07) is 13.5. The van der Waals surface area contributed by atoms with Crippen LogP contribution >= 0.6 is 0 Å². The molecule has 0 radical (unpaired) electrons. The van der Waals surface area contributed by atoms with Crippen LogP contribution in [0.5, 0.6) is 0 Å². The molecule has 30 heavy (non-hydrogen) atoms. The number of hydrogen-bond donors (Lipinski definition) is 1. The molecule has 1 N–H and O–H groups in total. The number of rotatable bonds is 3. The lowest BCUT2D eigenvalue weighted by atomic mass is 10.0. The summed E-state index contributed by atoms with van der Waals surface area (Å²) in [4.78, 5) is 28.9. The van der Waals surface area contributed by atoms with Gasteiger partial charge in [0.2, 0.25) is 0 Å². The van der Waals surface area contributed by atoms with Gasteiger partial charge in [-0.15, -0.1) is 0 Å². The molecule has 0 fully saturated rings. The molecule has 2 aromatic carbocycles. The molecule has 2 aromatic heterocycles. The zero-order valence-corrected chi connectivity index (χ0v) is 15.2. The van der Waals surface area contributed by atoms with E-state index in [0.717, 1.165) is 12.1 Å². The van der Waals surface area contributed by atoms with Gasteiger partial charge in [0.05, 0.1) is 22.2 Å². The van der Waals surface area contributed by atoms with E-state index in [1.54, 1.807) is 18.2 Å². The minimum absolute atomic E-state index is 0.0192. The van der Waals surface area contributed by atoms with Crippen LogP contribution in [0.1, 0.15) is 15.9 Å². The van der Waals surface area contributed by atoms with Gasteiger partial charge in [0.15, 0.2) is 11.0 Å². The van der Waals surface area contributed by atoms with E-state index < -0.39 is 23.1 Å². The van der Waals surface area contributed by atoms with E-state index in [2.05, 4.69) is 10.3 Å². The minimum Gasteiger partial charge on any atom is -0.454 e. The number of carbonyl (C=O) groups excluding carboxylic acids is 1. The highest BCUT2D eigenvalue weighted by Gasteiger charge is 2.34. The van der Waals surface area contributed by atoms with Crippen LogP contribution in [0.3, 0.4) is 0 Å². The summed E-state index contributed by atoms with van der Waals surface area (Å²) >= 11 is 0. The highest BCUT2D eigenvalue weighted by molar-refractivity contribution is 6.07. The van der Waals surface area contributed by atoms with Gasteiger partial charge in [-0.3, -0.25) is 14.6 Å². The van der Waals surface area contributed by atoms with Crippen molar-refractivity contribution < 1.29 is 22.4 Å². The summed E-state index contributed by atoms with van der Waals surface area (Å²) in [6.07, 6.45) is -1.75. The molecule has 0 atom stereocenters. The van der Waals surface area contributed by atoms with Crippen molar-refractivity contribution in [2.75, 3.05) is 5.32 Å². The number of pyridine rings is 1. The second-order valence-corrected chi connectivity index (χ2v) is 6.40. The Morgan fingerprint density at radius 2 is 1.80 bits per heavy atom. The lowest BCUT2D eigenvalue weighted by Crippen LogP contribution is -2.13. The molecule has 4 rings (SSSR count). The van der Waals surface area contributed by atoms with Crippen molar-refractivity contribution in [2.45, 2.75) is 6.18 Å². The number of nitrogens with zero attached hydrogens (tertiary/aromatic N) is 1. The predicted octanol–water partition coefficient (Wildman–Crippen LogP) is 5.13. The van der Waals surface area contributed by atoms with Gasteiger partial charge in [-0.2, -0.15) is 13.2 Å². The van der Waals surface area contributed by atoms with Crippen molar-refractivity contribution in [1.29, 1.82) is 0 Å². The number of fused-ring (bicyclic) bond motifs is 1. The summed E-state index contributed by atoms with van der Waals surface area (Å²) in [7, 11) is 0. The molecule has 0 aliphatic rings. The average Bonchev–Trinajstić information content (AvgIpc) is 2.74. The van der Waals surface area contributed by atoms with Gasteiger partial charge in [-0.05, 0) is 30.3 Å². The Morgan fingerprint density at radius 3 is 2.53 bits per heavy atom. The third-order valence-electron chi connectivity index (χ3n) is 4.42. The quantitative estimate of drug-likeness (QED) is 0.509. The fraction of sp³-hybridized carbons (Fsp3) is 0.0455. The molecule has 1 amide bonds. The van der Waals surface area contributed by atoms with Crippen LogP contribution < -0.4 is 10.7 Å². The molecule has 4 aromatic rings. The maximum Gasteiger partial charge on any atom is 0.417 e. The fourth-order valence-electron chi connectivity index (χ4n) is 3.05. The van der Waals surface area contributed by atoms with Gasteiger partial charge in [0.25, 0.3) is 5.91 Å². The summed E-state index contributed by atoms with van der Waals surface area (Å²) in [5, 5.41) is 2.75. The molecular formula is C22H13F3N2O3. The molecule has 5 nitrogen and oxygen atoms in total. The van der Waals surface area contributed by atoms with Crippen LogP contribution in [0.2, 0.25) is 0 Å². The van der Waals surface area contributed by atoms with Crippen molar-refractivity contribution in [3.8, 4) is 11.3 Å². The molecule has 2 heterocycles. The van der Waals surface area contributed by atoms with Crippen LogP contribution in [0.15, 0.2) is 82.3 Å². The average molecular weight is 410 g/mol. The Morgan fingerprint density at radius 1 is 1.00 bits per heavy atom. The van der Waals surface area contributed by atoms with Gasteiger partial charge < -0.3 is 9.73 Å². The molecule has 0 saturated heterocycles. The SMILES string of the molecule is O=C(Nc1cccc2c(=O)cc(-c3ccccc3C(F)(F)F)oc12)c1cccnc1. The zero-order chi connectivity index (χ0) is 21.3. The van der Waals surface area contributed by atoms with Crippen molar-refractivity contribution in [2.24, 2.45) is 0 Å². The number of carbonyl (C=O) groups is 1. The Labute approximate surface area is 167 Å². The standard InChI is InChI=1S/C22H13F3N2O3/c23-22(24,25)16-8-2-1-6-14(16)19-11-18(28)15-7-3-9-17(20(15)30-19)27-21(29)13-5-4-10-26-12-13/h1-12H,(H,27,29). The maximum atomic E-state index is 13.4. The van der Waals surface area contributed by atoms with Gasteiger partial charge in [0, 0.05) is 24.0 Å². The minimum atomic E-state index is -4.63. The normalized spacial score (nSPS) is 11.4. The predicted molar refractivity (Wildman–Crippen MR) is 105 cm³/mol. The largest absolute Gasteiger partial charge is 0.454 e. The number of para-hydroxylation sites is 1. The second-order valence-electron chi connectivity index (χ2n) is 6.40.